The molecule has 3 rings (SSSR count). The highest BCUT2D eigenvalue weighted by Gasteiger charge is 2.18. The predicted octanol–water partition coefficient (Wildman–Crippen LogP) is 3.67. The van der Waals surface area contributed by atoms with Gasteiger partial charge in [-0.15, -0.1) is 0 Å². The number of amides is 1. The number of nitrogens with zero attached hydrogens (tertiary/aromatic N) is 2. The van der Waals surface area contributed by atoms with E-state index in [2.05, 4.69) is 4.98 Å². The second-order valence-corrected chi connectivity index (χ2v) is 7.89. The van der Waals surface area contributed by atoms with Crippen molar-refractivity contribution >= 4 is 34.1 Å². The van der Waals surface area contributed by atoms with Crippen molar-refractivity contribution in [1.29, 1.82) is 0 Å². The number of pyridine rings is 1. The first-order valence-electron chi connectivity index (χ1n) is 10.8. The predicted molar refractivity (Wildman–Crippen MR) is 125 cm³/mol. The summed E-state index contributed by atoms with van der Waals surface area (Å²) in [5.74, 6) is 0.0688. The number of ketones is 2. The van der Waals surface area contributed by atoms with Crippen LogP contribution < -0.4 is 4.90 Å². The molecule has 6 heteroatoms. The van der Waals surface area contributed by atoms with E-state index in [0.29, 0.717) is 31.4 Å². The molecule has 0 fully saturated rings. The molecule has 0 saturated heterocycles. The van der Waals surface area contributed by atoms with Gasteiger partial charge in [0.15, 0.2) is 0 Å². The number of hydrogen-bond donors (Lipinski definition) is 1. The smallest absolute Gasteiger partial charge is 0.231 e. The highest BCUT2D eigenvalue weighted by molar-refractivity contribution is 6.02. The van der Waals surface area contributed by atoms with Gasteiger partial charge in [0, 0.05) is 37.4 Å². The van der Waals surface area contributed by atoms with Crippen molar-refractivity contribution in [3.63, 3.8) is 0 Å². The number of anilines is 1. The molecule has 0 unspecified atom stereocenters. The van der Waals surface area contributed by atoms with E-state index in [1.807, 2.05) is 54.6 Å². The fraction of sp³-hybridized carbons (Fsp3) is 0.308. The van der Waals surface area contributed by atoms with Crippen LogP contribution in [-0.4, -0.2) is 40.7 Å². The molecular weight excluding hydrogens is 404 g/mol. The lowest BCUT2D eigenvalue weighted by atomic mass is 10.0. The summed E-state index contributed by atoms with van der Waals surface area (Å²) in [6, 6.07) is 16.9. The Morgan fingerprint density at radius 3 is 2.28 bits per heavy atom. The fourth-order valence-corrected chi connectivity index (χ4v) is 3.68. The molecular formula is C26H28N2O4. The summed E-state index contributed by atoms with van der Waals surface area (Å²) in [6.07, 6.45) is 3.61. The Morgan fingerprint density at radius 1 is 0.906 bits per heavy atom. The molecule has 0 aliphatic heterocycles. The minimum Gasteiger partial charge on any atom is -0.395 e. The maximum Gasteiger partial charge on any atom is 0.231 e. The van der Waals surface area contributed by atoms with Gasteiger partial charge in [0.05, 0.1) is 24.2 Å². The third kappa shape index (κ3) is 6.31. The average molecular weight is 433 g/mol. The number of aliphatic hydroxyl groups excluding tert-OH is 1. The van der Waals surface area contributed by atoms with E-state index in [0.717, 1.165) is 22.0 Å². The van der Waals surface area contributed by atoms with Crippen molar-refractivity contribution in [3.05, 3.63) is 71.9 Å². The van der Waals surface area contributed by atoms with Gasteiger partial charge in [0.25, 0.3) is 0 Å². The molecule has 1 heterocycles. The van der Waals surface area contributed by atoms with Crippen molar-refractivity contribution in [2.45, 2.75) is 39.0 Å². The van der Waals surface area contributed by atoms with Crippen molar-refractivity contribution in [2.24, 2.45) is 0 Å². The molecule has 1 N–H and O–H groups in total. The topological polar surface area (TPSA) is 87.6 Å². The maximum absolute atomic E-state index is 13.1. The summed E-state index contributed by atoms with van der Waals surface area (Å²) >= 11 is 0. The van der Waals surface area contributed by atoms with Gasteiger partial charge in [0.2, 0.25) is 5.91 Å². The molecule has 32 heavy (non-hydrogen) atoms. The summed E-state index contributed by atoms with van der Waals surface area (Å²) in [7, 11) is 0. The van der Waals surface area contributed by atoms with Crippen LogP contribution in [0.25, 0.3) is 10.9 Å². The first-order chi connectivity index (χ1) is 15.5. The molecule has 0 atom stereocenters. The van der Waals surface area contributed by atoms with E-state index in [-0.39, 0.29) is 37.0 Å². The molecule has 6 nitrogen and oxygen atoms in total. The maximum atomic E-state index is 13.1. The summed E-state index contributed by atoms with van der Waals surface area (Å²) < 4.78 is 0. The van der Waals surface area contributed by atoms with Gasteiger partial charge in [-0.2, -0.15) is 0 Å². The van der Waals surface area contributed by atoms with Crippen LogP contribution in [0.2, 0.25) is 0 Å². The highest BCUT2D eigenvalue weighted by atomic mass is 16.3. The van der Waals surface area contributed by atoms with Gasteiger partial charge in [-0.1, -0.05) is 42.5 Å². The quantitative estimate of drug-likeness (QED) is 0.499. The average Bonchev–Trinajstić information content (AvgIpc) is 2.78. The molecule has 3 aromatic rings. The number of carbonyl (C=O) groups excluding carboxylic acids is 3. The number of aliphatic hydroxyl groups is 1. The molecule has 166 valence electrons. The molecule has 0 bridgehead atoms. The van der Waals surface area contributed by atoms with E-state index < -0.39 is 0 Å². The Morgan fingerprint density at radius 2 is 1.59 bits per heavy atom. The minimum atomic E-state index is -0.153. The van der Waals surface area contributed by atoms with Crippen LogP contribution in [0.15, 0.2) is 60.8 Å². The lowest BCUT2D eigenvalue weighted by molar-refractivity contribution is -0.119. The number of carbonyl (C=O) groups is 3. The Balaban J connectivity index is 1.67. The van der Waals surface area contributed by atoms with Crippen molar-refractivity contribution < 1.29 is 19.5 Å². The van der Waals surface area contributed by atoms with Gasteiger partial charge >= 0.3 is 0 Å². The number of fused-ring (bicyclic) bond motifs is 1. The van der Waals surface area contributed by atoms with Gasteiger partial charge in [-0.05, 0) is 36.6 Å². The van der Waals surface area contributed by atoms with Crippen molar-refractivity contribution in [2.75, 3.05) is 18.1 Å². The van der Waals surface area contributed by atoms with E-state index in [4.69, 9.17) is 0 Å². The van der Waals surface area contributed by atoms with Crippen LogP contribution in [0.3, 0.4) is 0 Å². The summed E-state index contributed by atoms with van der Waals surface area (Å²) in [4.78, 5) is 42.2. The highest BCUT2D eigenvalue weighted by Crippen LogP contribution is 2.25. The number of benzene rings is 2. The van der Waals surface area contributed by atoms with Gasteiger partial charge in [-0.25, -0.2) is 0 Å². The molecule has 1 aromatic heterocycles. The normalized spacial score (nSPS) is 10.8. The molecule has 0 aliphatic carbocycles. The zero-order valence-corrected chi connectivity index (χ0v) is 18.3. The van der Waals surface area contributed by atoms with Crippen molar-refractivity contribution in [3.8, 4) is 0 Å². The summed E-state index contributed by atoms with van der Waals surface area (Å²) in [5, 5.41) is 10.5. The van der Waals surface area contributed by atoms with E-state index in [9.17, 15) is 19.5 Å². The van der Waals surface area contributed by atoms with Crippen LogP contribution in [0.4, 0.5) is 5.69 Å². The van der Waals surface area contributed by atoms with Gasteiger partial charge in [0.1, 0.15) is 11.6 Å². The molecule has 0 aliphatic rings. The molecule has 1 amide bonds. The molecule has 0 saturated carbocycles. The standard InChI is InChI=1S/C26H28N2O4/c1-19(30)5-2-8-23(31)17-20-10-12-21(13-11-20)18-25(32)28(15-16-29)24-9-3-6-22-7-4-14-27-26(22)24/h3-4,6-7,9-14,29H,2,5,8,15-18H2,1H3. The first kappa shape index (κ1) is 23.3. The lowest BCUT2D eigenvalue weighted by Crippen LogP contribution is -2.35. The second-order valence-electron chi connectivity index (χ2n) is 7.89. The summed E-state index contributed by atoms with van der Waals surface area (Å²) in [6.45, 7) is 1.56. The number of para-hydroxylation sites is 1. The van der Waals surface area contributed by atoms with E-state index in [1.54, 1.807) is 11.1 Å². The van der Waals surface area contributed by atoms with Crippen LogP contribution in [-0.2, 0) is 27.2 Å². The molecule has 2 aromatic carbocycles. The Bertz CT molecular complexity index is 1090. The Labute approximate surface area is 187 Å². The van der Waals surface area contributed by atoms with Crippen molar-refractivity contribution in [1.82, 2.24) is 4.98 Å². The SMILES string of the molecule is CC(=O)CCCC(=O)Cc1ccc(CC(=O)N(CCO)c2cccc3cccnc23)cc1. The van der Waals surface area contributed by atoms with Gasteiger partial charge in [-0.3, -0.25) is 14.6 Å². The number of hydrogen-bond acceptors (Lipinski definition) is 5. The van der Waals surface area contributed by atoms with Gasteiger partial charge < -0.3 is 14.8 Å². The zero-order chi connectivity index (χ0) is 22.9. The monoisotopic (exact) mass is 432 g/mol. The van der Waals surface area contributed by atoms with Crippen LogP contribution >= 0.6 is 0 Å². The van der Waals surface area contributed by atoms with E-state index >= 15 is 0 Å². The molecule has 0 spiro atoms. The number of aromatic nitrogens is 1. The number of Topliss-reactive ketones (excluding diaryl/α,β-unsaturated/α-hetero) is 2. The third-order valence-corrected chi connectivity index (χ3v) is 5.29. The second kappa shape index (κ2) is 11.3. The Kier molecular flexibility index (Phi) is 8.22. The Hall–Kier alpha value is -3.38. The van der Waals surface area contributed by atoms with E-state index in [1.165, 1.54) is 6.92 Å². The molecule has 0 radical (unpaired) electrons. The zero-order valence-electron chi connectivity index (χ0n) is 18.3. The van der Waals surface area contributed by atoms with Crippen LogP contribution in [0.1, 0.15) is 37.3 Å². The lowest BCUT2D eigenvalue weighted by Gasteiger charge is -2.23. The van der Waals surface area contributed by atoms with Crippen LogP contribution in [0, 0.1) is 0 Å². The number of rotatable bonds is 11. The van der Waals surface area contributed by atoms with Crippen LogP contribution in [0.5, 0.6) is 0 Å². The summed E-state index contributed by atoms with van der Waals surface area (Å²) in [5.41, 5.74) is 3.11. The minimum absolute atomic E-state index is 0.0985. The fourth-order valence-electron chi connectivity index (χ4n) is 3.68. The largest absolute Gasteiger partial charge is 0.395 e. The first-order valence-corrected chi connectivity index (χ1v) is 10.8. The third-order valence-electron chi connectivity index (χ3n) is 5.29.